The number of aromatic amines is 1. The number of hydrogen-bond acceptors (Lipinski definition) is 4. The molecule has 1 amide bonds. The van der Waals surface area contributed by atoms with Crippen LogP contribution in [0.25, 0.3) is 21.7 Å². The average molecular weight is 319 g/mol. The fourth-order valence-corrected chi connectivity index (χ4v) is 2.69. The molecule has 24 heavy (non-hydrogen) atoms. The third-order valence-corrected chi connectivity index (χ3v) is 3.87. The Balaban J connectivity index is 1.82. The molecule has 0 saturated carbocycles. The molecule has 0 fully saturated rings. The predicted octanol–water partition coefficient (Wildman–Crippen LogP) is 2.06. The number of carbonyl (C=O) groups excluding carboxylic acids is 1. The topological polar surface area (TPSA) is 92.7 Å². The lowest BCUT2D eigenvalue weighted by molar-refractivity contribution is 0.102. The van der Waals surface area contributed by atoms with Crippen LogP contribution in [0, 0.1) is 0 Å². The van der Waals surface area contributed by atoms with Crippen LogP contribution in [0.1, 0.15) is 10.5 Å². The predicted molar refractivity (Wildman–Crippen MR) is 91.0 cm³/mol. The molecule has 0 aliphatic heterocycles. The van der Waals surface area contributed by atoms with Gasteiger partial charge in [0.15, 0.2) is 11.5 Å². The number of H-pyrrole nitrogens is 1. The second-order valence-corrected chi connectivity index (χ2v) is 5.39. The van der Waals surface area contributed by atoms with Gasteiger partial charge in [-0.25, -0.2) is 4.68 Å². The SMILES string of the molecule is Cn1nc(C(=O)Nc2n[nH]c3ccccc23)c2ccccc2c1=O. The van der Waals surface area contributed by atoms with E-state index in [0.29, 0.717) is 16.6 Å². The highest BCUT2D eigenvalue weighted by molar-refractivity contribution is 6.12. The van der Waals surface area contributed by atoms with E-state index in [2.05, 4.69) is 20.6 Å². The van der Waals surface area contributed by atoms with Crippen LogP contribution >= 0.6 is 0 Å². The van der Waals surface area contributed by atoms with Gasteiger partial charge in [0.2, 0.25) is 0 Å². The smallest absolute Gasteiger partial charge is 0.277 e. The number of anilines is 1. The maximum Gasteiger partial charge on any atom is 0.277 e. The Hall–Kier alpha value is -3.48. The summed E-state index contributed by atoms with van der Waals surface area (Å²) in [5.74, 6) is 0.00869. The molecule has 7 nitrogen and oxygen atoms in total. The maximum atomic E-state index is 12.7. The van der Waals surface area contributed by atoms with Gasteiger partial charge in [-0.1, -0.05) is 30.3 Å². The van der Waals surface area contributed by atoms with Crippen LogP contribution in [-0.4, -0.2) is 25.9 Å². The molecule has 0 atom stereocenters. The molecule has 0 saturated heterocycles. The Kier molecular flexibility index (Phi) is 3.13. The van der Waals surface area contributed by atoms with Gasteiger partial charge in [-0.3, -0.25) is 14.7 Å². The highest BCUT2D eigenvalue weighted by atomic mass is 16.2. The molecule has 7 heteroatoms. The molecule has 4 aromatic rings. The van der Waals surface area contributed by atoms with E-state index in [4.69, 9.17) is 0 Å². The minimum absolute atomic E-state index is 0.180. The zero-order chi connectivity index (χ0) is 16.7. The molecular weight excluding hydrogens is 306 g/mol. The van der Waals surface area contributed by atoms with E-state index in [1.165, 1.54) is 11.7 Å². The fourth-order valence-electron chi connectivity index (χ4n) is 2.69. The Morgan fingerprint density at radius 2 is 1.71 bits per heavy atom. The first-order chi connectivity index (χ1) is 11.6. The van der Waals surface area contributed by atoms with Gasteiger partial charge in [0.1, 0.15) is 0 Å². The molecule has 0 spiro atoms. The van der Waals surface area contributed by atoms with Gasteiger partial charge in [0, 0.05) is 17.8 Å². The van der Waals surface area contributed by atoms with Crippen molar-refractivity contribution in [3.63, 3.8) is 0 Å². The molecule has 0 aliphatic rings. The lowest BCUT2D eigenvalue weighted by atomic mass is 10.1. The van der Waals surface area contributed by atoms with Crippen molar-refractivity contribution in [2.24, 2.45) is 7.05 Å². The van der Waals surface area contributed by atoms with Crippen molar-refractivity contribution in [1.82, 2.24) is 20.0 Å². The van der Waals surface area contributed by atoms with Crippen LogP contribution in [0.4, 0.5) is 5.82 Å². The third kappa shape index (κ3) is 2.14. The minimum Gasteiger partial charge on any atom is -0.303 e. The van der Waals surface area contributed by atoms with Crippen LogP contribution in [0.3, 0.4) is 0 Å². The Morgan fingerprint density at radius 1 is 1.04 bits per heavy atom. The second kappa shape index (κ2) is 5.31. The first-order valence-corrected chi connectivity index (χ1v) is 7.35. The summed E-state index contributed by atoms with van der Waals surface area (Å²) >= 11 is 0. The molecule has 118 valence electrons. The molecule has 2 N–H and O–H groups in total. The first kappa shape index (κ1) is 14.1. The number of carbonyl (C=O) groups is 1. The van der Waals surface area contributed by atoms with Gasteiger partial charge in [0.25, 0.3) is 11.5 Å². The van der Waals surface area contributed by atoms with Gasteiger partial charge in [-0.15, -0.1) is 0 Å². The number of aromatic nitrogens is 4. The summed E-state index contributed by atoms with van der Waals surface area (Å²) < 4.78 is 1.17. The van der Waals surface area contributed by atoms with Crippen LogP contribution in [-0.2, 0) is 7.05 Å². The zero-order valence-corrected chi connectivity index (χ0v) is 12.8. The lowest BCUT2D eigenvalue weighted by Crippen LogP contribution is -2.25. The van der Waals surface area contributed by atoms with Gasteiger partial charge in [0.05, 0.1) is 10.9 Å². The van der Waals surface area contributed by atoms with Crippen molar-refractivity contribution in [2.45, 2.75) is 0 Å². The summed E-state index contributed by atoms with van der Waals surface area (Å²) in [5, 5.41) is 15.6. The van der Waals surface area contributed by atoms with Crippen LogP contribution < -0.4 is 10.9 Å². The van der Waals surface area contributed by atoms with Crippen LogP contribution in [0.2, 0.25) is 0 Å². The molecule has 4 rings (SSSR count). The van der Waals surface area contributed by atoms with Crippen molar-refractivity contribution >= 4 is 33.4 Å². The number of nitrogens with zero attached hydrogens (tertiary/aromatic N) is 3. The van der Waals surface area contributed by atoms with E-state index in [9.17, 15) is 9.59 Å². The van der Waals surface area contributed by atoms with Crippen LogP contribution in [0.15, 0.2) is 53.3 Å². The van der Waals surface area contributed by atoms with Crippen molar-refractivity contribution in [2.75, 3.05) is 5.32 Å². The highest BCUT2D eigenvalue weighted by Gasteiger charge is 2.17. The first-order valence-electron chi connectivity index (χ1n) is 7.35. The minimum atomic E-state index is -0.418. The number of nitrogens with one attached hydrogen (secondary N) is 2. The van der Waals surface area contributed by atoms with Crippen molar-refractivity contribution in [3.05, 3.63) is 64.6 Å². The molecule has 0 radical (unpaired) electrons. The summed E-state index contributed by atoms with van der Waals surface area (Å²) in [6, 6.07) is 14.4. The molecule has 0 aliphatic carbocycles. The number of benzene rings is 2. The van der Waals surface area contributed by atoms with E-state index < -0.39 is 5.91 Å². The number of aryl methyl sites for hydroxylation is 1. The molecule has 0 unspecified atom stereocenters. The Labute approximate surface area is 135 Å². The summed E-state index contributed by atoms with van der Waals surface area (Å²) in [5.41, 5.74) is 0.762. The van der Waals surface area contributed by atoms with Crippen molar-refractivity contribution < 1.29 is 4.79 Å². The summed E-state index contributed by atoms with van der Waals surface area (Å²) in [4.78, 5) is 24.8. The van der Waals surface area contributed by atoms with Crippen molar-refractivity contribution in [3.8, 4) is 0 Å². The molecule has 2 heterocycles. The fraction of sp³-hybridized carbons (Fsp3) is 0.0588. The summed E-state index contributed by atoms with van der Waals surface area (Å²) in [7, 11) is 1.52. The summed E-state index contributed by atoms with van der Waals surface area (Å²) in [6.45, 7) is 0. The number of hydrogen-bond donors (Lipinski definition) is 2. The van der Waals surface area contributed by atoms with Gasteiger partial charge >= 0.3 is 0 Å². The number of fused-ring (bicyclic) bond motifs is 2. The highest BCUT2D eigenvalue weighted by Crippen LogP contribution is 2.21. The standard InChI is InChI=1S/C17H13N5O2/c1-22-17(24)11-7-3-2-6-10(11)14(21-22)16(23)18-15-12-8-4-5-9-13(12)19-20-15/h2-9H,1H3,(H2,18,19,20,23). The second-order valence-electron chi connectivity index (χ2n) is 5.39. The molecule has 2 aromatic carbocycles. The van der Waals surface area contributed by atoms with E-state index in [1.807, 2.05) is 24.3 Å². The molecule has 0 bridgehead atoms. The maximum absolute atomic E-state index is 12.7. The van der Waals surface area contributed by atoms with Crippen LogP contribution in [0.5, 0.6) is 0 Å². The quantitative estimate of drug-likeness (QED) is 0.591. The Bertz CT molecular complexity index is 1140. The lowest BCUT2D eigenvalue weighted by Gasteiger charge is -2.07. The van der Waals surface area contributed by atoms with Gasteiger partial charge in [-0.05, 0) is 18.2 Å². The normalized spacial score (nSPS) is 11.0. The van der Waals surface area contributed by atoms with E-state index >= 15 is 0 Å². The van der Waals surface area contributed by atoms with Gasteiger partial charge < -0.3 is 5.32 Å². The zero-order valence-electron chi connectivity index (χ0n) is 12.8. The number of rotatable bonds is 2. The van der Waals surface area contributed by atoms with Gasteiger partial charge in [-0.2, -0.15) is 10.2 Å². The summed E-state index contributed by atoms with van der Waals surface area (Å²) in [6.07, 6.45) is 0. The third-order valence-electron chi connectivity index (χ3n) is 3.87. The monoisotopic (exact) mass is 319 g/mol. The molecule has 2 aromatic heterocycles. The molecular formula is C17H13N5O2. The van der Waals surface area contributed by atoms with E-state index in [0.717, 1.165) is 10.9 Å². The Morgan fingerprint density at radius 3 is 2.50 bits per heavy atom. The van der Waals surface area contributed by atoms with Crippen molar-refractivity contribution in [1.29, 1.82) is 0 Å². The van der Waals surface area contributed by atoms with E-state index in [-0.39, 0.29) is 11.3 Å². The van der Waals surface area contributed by atoms with E-state index in [1.54, 1.807) is 24.3 Å². The average Bonchev–Trinajstić information content (AvgIpc) is 3.01. The number of amides is 1. The largest absolute Gasteiger partial charge is 0.303 e. The number of para-hydroxylation sites is 1.